The lowest BCUT2D eigenvalue weighted by Gasteiger charge is -2.11. The maximum Gasteiger partial charge on any atom is 0.310 e. The number of carbonyl (C=O) groups is 1. The number of hydrogen-bond donors (Lipinski definition) is 0. The standard InChI is InChI=1S/C11H13F2NO3/c1-3-17-9(15)4-7-5-14-6-8(16-2)10(7)11(12)13/h5-6,11H,3-4H2,1-2H3. The molecule has 0 fully saturated rings. The van der Waals surface area contributed by atoms with Crippen molar-refractivity contribution in [3.8, 4) is 5.75 Å². The summed E-state index contributed by atoms with van der Waals surface area (Å²) >= 11 is 0. The topological polar surface area (TPSA) is 48.4 Å². The number of pyridine rings is 1. The summed E-state index contributed by atoms with van der Waals surface area (Å²) in [6.45, 7) is 1.86. The first-order valence-corrected chi connectivity index (χ1v) is 5.04. The van der Waals surface area contributed by atoms with Gasteiger partial charge in [-0.2, -0.15) is 0 Å². The second kappa shape index (κ2) is 6.12. The van der Waals surface area contributed by atoms with E-state index in [1.807, 2.05) is 0 Å². The van der Waals surface area contributed by atoms with Crippen LogP contribution in [-0.4, -0.2) is 24.7 Å². The number of alkyl halides is 2. The van der Waals surface area contributed by atoms with Crippen molar-refractivity contribution in [1.29, 1.82) is 0 Å². The average molecular weight is 245 g/mol. The molecule has 0 aliphatic rings. The number of aromatic nitrogens is 1. The van der Waals surface area contributed by atoms with E-state index in [1.165, 1.54) is 19.5 Å². The van der Waals surface area contributed by atoms with Crippen LogP contribution in [0.1, 0.15) is 24.5 Å². The molecule has 17 heavy (non-hydrogen) atoms. The maximum atomic E-state index is 12.9. The van der Waals surface area contributed by atoms with Gasteiger partial charge in [0.1, 0.15) is 5.75 Å². The van der Waals surface area contributed by atoms with Crippen LogP contribution in [0.3, 0.4) is 0 Å². The fraction of sp³-hybridized carbons (Fsp3) is 0.455. The van der Waals surface area contributed by atoms with E-state index < -0.39 is 12.4 Å². The number of hydrogen-bond acceptors (Lipinski definition) is 4. The Morgan fingerprint density at radius 3 is 2.71 bits per heavy atom. The van der Waals surface area contributed by atoms with E-state index in [9.17, 15) is 13.6 Å². The van der Waals surface area contributed by atoms with E-state index in [0.717, 1.165) is 0 Å². The molecule has 94 valence electrons. The quantitative estimate of drug-likeness (QED) is 0.745. The molecule has 1 heterocycles. The van der Waals surface area contributed by atoms with E-state index in [4.69, 9.17) is 9.47 Å². The predicted molar refractivity (Wildman–Crippen MR) is 56.1 cm³/mol. The fourth-order valence-electron chi connectivity index (χ4n) is 1.41. The Morgan fingerprint density at radius 1 is 1.47 bits per heavy atom. The van der Waals surface area contributed by atoms with Gasteiger partial charge in [-0.15, -0.1) is 0 Å². The number of ether oxygens (including phenoxy) is 2. The van der Waals surface area contributed by atoms with Crippen molar-refractivity contribution in [2.75, 3.05) is 13.7 Å². The second-order valence-corrected chi connectivity index (χ2v) is 3.20. The second-order valence-electron chi connectivity index (χ2n) is 3.20. The zero-order valence-corrected chi connectivity index (χ0v) is 9.57. The van der Waals surface area contributed by atoms with Crippen LogP contribution in [0.2, 0.25) is 0 Å². The van der Waals surface area contributed by atoms with Crippen LogP contribution in [0.15, 0.2) is 12.4 Å². The Balaban J connectivity index is 3.02. The van der Waals surface area contributed by atoms with Crippen LogP contribution in [0.4, 0.5) is 8.78 Å². The molecule has 0 saturated heterocycles. The molecule has 0 N–H and O–H groups in total. The monoisotopic (exact) mass is 245 g/mol. The van der Waals surface area contributed by atoms with Gasteiger partial charge < -0.3 is 9.47 Å². The zero-order chi connectivity index (χ0) is 12.8. The number of halogens is 2. The largest absolute Gasteiger partial charge is 0.495 e. The summed E-state index contributed by atoms with van der Waals surface area (Å²) in [7, 11) is 1.27. The highest BCUT2D eigenvalue weighted by molar-refractivity contribution is 5.73. The van der Waals surface area contributed by atoms with Crippen LogP contribution in [0.5, 0.6) is 5.75 Å². The van der Waals surface area contributed by atoms with Gasteiger partial charge in [-0.05, 0) is 12.5 Å². The summed E-state index contributed by atoms with van der Waals surface area (Å²) in [4.78, 5) is 15.0. The van der Waals surface area contributed by atoms with E-state index in [1.54, 1.807) is 6.92 Å². The van der Waals surface area contributed by atoms with Gasteiger partial charge in [0.2, 0.25) is 0 Å². The van der Waals surface area contributed by atoms with Crippen molar-refractivity contribution >= 4 is 5.97 Å². The van der Waals surface area contributed by atoms with Crippen LogP contribution in [0.25, 0.3) is 0 Å². The van der Waals surface area contributed by atoms with Crippen molar-refractivity contribution < 1.29 is 23.0 Å². The van der Waals surface area contributed by atoms with Crippen molar-refractivity contribution in [2.45, 2.75) is 19.8 Å². The molecule has 0 aromatic carbocycles. The minimum atomic E-state index is -2.72. The lowest BCUT2D eigenvalue weighted by Crippen LogP contribution is -2.10. The fourth-order valence-corrected chi connectivity index (χ4v) is 1.41. The van der Waals surface area contributed by atoms with E-state index in [0.29, 0.717) is 0 Å². The minimum absolute atomic E-state index is 0.0261. The summed E-state index contributed by atoms with van der Waals surface area (Å²) in [5, 5.41) is 0. The Labute approximate surface area is 97.6 Å². The molecule has 0 aliphatic carbocycles. The highest BCUT2D eigenvalue weighted by Crippen LogP contribution is 2.31. The van der Waals surface area contributed by atoms with Crippen LogP contribution >= 0.6 is 0 Å². The molecule has 0 aliphatic heterocycles. The predicted octanol–water partition coefficient (Wildman–Crippen LogP) is 2.13. The van der Waals surface area contributed by atoms with Gasteiger partial charge in [0.05, 0.1) is 31.9 Å². The van der Waals surface area contributed by atoms with Crippen LogP contribution in [-0.2, 0) is 16.0 Å². The highest BCUT2D eigenvalue weighted by Gasteiger charge is 2.21. The lowest BCUT2D eigenvalue weighted by molar-refractivity contribution is -0.142. The van der Waals surface area contributed by atoms with Crippen molar-refractivity contribution in [3.63, 3.8) is 0 Å². The van der Waals surface area contributed by atoms with Gasteiger partial charge in [0, 0.05) is 6.20 Å². The molecule has 0 bridgehead atoms. The van der Waals surface area contributed by atoms with Gasteiger partial charge in [0.15, 0.2) is 0 Å². The normalized spacial score (nSPS) is 10.4. The number of rotatable bonds is 5. The Hall–Kier alpha value is -1.72. The number of esters is 1. The van der Waals surface area contributed by atoms with Crippen molar-refractivity contribution in [1.82, 2.24) is 4.98 Å². The molecule has 0 saturated carbocycles. The van der Waals surface area contributed by atoms with Gasteiger partial charge >= 0.3 is 5.97 Å². The highest BCUT2D eigenvalue weighted by atomic mass is 19.3. The summed E-state index contributed by atoms with van der Waals surface area (Å²) in [6.07, 6.45) is -0.549. The van der Waals surface area contributed by atoms with E-state index in [-0.39, 0.29) is 29.9 Å². The van der Waals surface area contributed by atoms with Gasteiger partial charge in [-0.3, -0.25) is 9.78 Å². The van der Waals surface area contributed by atoms with Crippen molar-refractivity contribution in [2.24, 2.45) is 0 Å². The van der Waals surface area contributed by atoms with Gasteiger partial charge in [-0.1, -0.05) is 0 Å². The molecule has 0 unspecified atom stereocenters. The third-order valence-electron chi connectivity index (χ3n) is 2.11. The number of carbonyl (C=O) groups excluding carboxylic acids is 1. The third kappa shape index (κ3) is 3.37. The molecule has 1 aromatic heterocycles. The molecule has 1 aromatic rings. The maximum absolute atomic E-state index is 12.9. The van der Waals surface area contributed by atoms with Gasteiger partial charge in [0.25, 0.3) is 6.43 Å². The Kier molecular flexibility index (Phi) is 4.81. The lowest BCUT2D eigenvalue weighted by atomic mass is 10.1. The zero-order valence-electron chi connectivity index (χ0n) is 9.57. The molecule has 6 heteroatoms. The molecule has 4 nitrogen and oxygen atoms in total. The molecule has 0 atom stereocenters. The smallest absolute Gasteiger partial charge is 0.310 e. The Morgan fingerprint density at radius 2 is 2.18 bits per heavy atom. The van der Waals surface area contributed by atoms with Crippen molar-refractivity contribution in [3.05, 3.63) is 23.5 Å². The average Bonchev–Trinajstić information content (AvgIpc) is 2.28. The third-order valence-corrected chi connectivity index (χ3v) is 2.11. The molecule has 1 rings (SSSR count). The Bertz CT molecular complexity index is 396. The summed E-state index contributed by atoms with van der Waals surface area (Å²) in [5.41, 5.74) is -0.187. The van der Waals surface area contributed by atoms with Crippen LogP contribution in [0, 0.1) is 0 Å². The SMILES string of the molecule is CCOC(=O)Cc1cncc(OC)c1C(F)F. The first kappa shape index (κ1) is 13.3. The van der Waals surface area contributed by atoms with Crippen LogP contribution < -0.4 is 4.74 Å². The summed E-state index contributed by atoms with van der Waals surface area (Å²) < 4.78 is 35.2. The number of methoxy groups -OCH3 is 1. The minimum Gasteiger partial charge on any atom is -0.495 e. The number of nitrogens with zero attached hydrogens (tertiary/aromatic N) is 1. The molecule has 0 spiro atoms. The van der Waals surface area contributed by atoms with E-state index in [2.05, 4.69) is 4.98 Å². The molecule has 0 radical (unpaired) electrons. The molecular formula is C11H13F2NO3. The van der Waals surface area contributed by atoms with Gasteiger partial charge in [-0.25, -0.2) is 8.78 Å². The van der Waals surface area contributed by atoms with E-state index >= 15 is 0 Å². The first-order valence-electron chi connectivity index (χ1n) is 5.04. The molecule has 0 amide bonds. The summed E-state index contributed by atoms with van der Waals surface area (Å²) in [6, 6.07) is 0. The molecular weight excluding hydrogens is 232 g/mol. The first-order chi connectivity index (χ1) is 8.10. The summed E-state index contributed by atoms with van der Waals surface area (Å²) in [5.74, 6) is -0.591.